The lowest BCUT2D eigenvalue weighted by Gasteiger charge is -2.26. The van der Waals surface area contributed by atoms with Crippen LogP contribution in [0.15, 0.2) is 18.2 Å². The Morgan fingerprint density at radius 3 is 2.79 bits per heavy atom. The molecular weight excluding hydrogens is 270 g/mol. The molecule has 1 saturated heterocycles. The normalized spacial score (nSPS) is 16.3. The fourth-order valence-electron chi connectivity index (χ4n) is 1.94. The van der Waals surface area contributed by atoms with Gasteiger partial charge in [-0.3, -0.25) is 15.0 Å². The molecule has 1 aromatic rings. The van der Waals surface area contributed by atoms with Crippen LogP contribution in [0.25, 0.3) is 0 Å². The first-order valence-electron chi connectivity index (χ1n) is 6.16. The van der Waals surface area contributed by atoms with Crippen molar-refractivity contribution in [3.8, 4) is 5.75 Å². The Hall–Kier alpha value is -1.37. The summed E-state index contributed by atoms with van der Waals surface area (Å²) in [5.41, 5.74) is -0.0283. The summed E-state index contributed by atoms with van der Waals surface area (Å²) in [7, 11) is 0. The summed E-state index contributed by atoms with van der Waals surface area (Å²) in [6.45, 7) is 5.37. The zero-order valence-electron chi connectivity index (χ0n) is 10.5. The van der Waals surface area contributed by atoms with Gasteiger partial charge in [0.2, 0.25) is 0 Å². The summed E-state index contributed by atoms with van der Waals surface area (Å²) in [6.07, 6.45) is 0. The molecule has 0 atom stereocenters. The molecule has 19 heavy (non-hydrogen) atoms. The number of rotatable bonds is 5. The van der Waals surface area contributed by atoms with E-state index in [-0.39, 0.29) is 10.7 Å². The van der Waals surface area contributed by atoms with Gasteiger partial charge in [0.25, 0.3) is 5.69 Å². The Bertz CT molecular complexity index is 450. The van der Waals surface area contributed by atoms with E-state index in [9.17, 15) is 10.1 Å². The number of nitrogens with zero attached hydrogens (tertiary/aromatic N) is 2. The maximum atomic E-state index is 10.6. The molecule has 0 unspecified atom stereocenters. The van der Waals surface area contributed by atoms with Gasteiger partial charge in [-0.2, -0.15) is 0 Å². The first-order valence-corrected chi connectivity index (χ1v) is 6.54. The smallest absolute Gasteiger partial charge is 0.271 e. The van der Waals surface area contributed by atoms with Gasteiger partial charge in [-0.05, 0) is 6.07 Å². The topological polar surface area (TPSA) is 67.6 Å². The van der Waals surface area contributed by atoms with Crippen molar-refractivity contribution in [1.29, 1.82) is 0 Å². The Kier molecular flexibility index (Phi) is 4.95. The summed E-state index contributed by atoms with van der Waals surface area (Å²) >= 11 is 5.94. The summed E-state index contributed by atoms with van der Waals surface area (Å²) in [5, 5.41) is 14.1. The molecule has 0 amide bonds. The minimum absolute atomic E-state index is 0.0283. The van der Waals surface area contributed by atoms with Crippen molar-refractivity contribution < 1.29 is 9.66 Å². The van der Waals surface area contributed by atoms with Gasteiger partial charge in [-0.25, -0.2) is 0 Å². The zero-order valence-corrected chi connectivity index (χ0v) is 11.2. The molecule has 1 aliphatic heterocycles. The highest BCUT2D eigenvalue weighted by molar-refractivity contribution is 6.32. The minimum Gasteiger partial charge on any atom is -0.491 e. The van der Waals surface area contributed by atoms with Crippen LogP contribution in [0.1, 0.15) is 0 Å². The lowest BCUT2D eigenvalue weighted by molar-refractivity contribution is -0.384. The van der Waals surface area contributed by atoms with Crippen molar-refractivity contribution in [3.05, 3.63) is 33.3 Å². The first-order chi connectivity index (χ1) is 9.16. The third-order valence-corrected chi connectivity index (χ3v) is 3.30. The molecule has 0 aliphatic carbocycles. The number of hydrogen-bond acceptors (Lipinski definition) is 5. The molecule has 0 radical (unpaired) electrons. The zero-order chi connectivity index (χ0) is 13.7. The van der Waals surface area contributed by atoms with Crippen LogP contribution in [-0.4, -0.2) is 49.2 Å². The maximum Gasteiger partial charge on any atom is 0.271 e. The van der Waals surface area contributed by atoms with E-state index in [1.54, 1.807) is 0 Å². The molecule has 0 bridgehead atoms. The number of ether oxygens (including phenoxy) is 1. The number of halogens is 1. The Labute approximate surface area is 116 Å². The van der Waals surface area contributed by atoms with E-state index < -0.39 is 4.92 Å². The van der Waals surface area contributed by atoms with Crippen molar-refractivity contribution in [2.75, 3.05) is 39.3 Å². The SMILES string of the molecule is O=[N+]([O-])c1ccc(OCCN2CCNCC2)c(Cl)c1. The van der Waals surface area contributed by atoms with Crippen LogP contribution in [0.4, 0.5) is 5.69 Å². The van der Waals surface area contributed by atoms with Crippen molar-refractivity contribution in [1.82, 2.24) is 10.2 Å². The van der Waals surface area contributed by atoms with Gasteiger partial charge in [0, 0.05) is 44.9 Å². The number of benzene rings is 1. The lowest BCUT2D eigenvalue weighted by atomic mass is 10.3. The highest BCUT2D eigenvalue weighted by Gasteiger charge is 2.12. The van der Waals surface area contributed by atoms with Gasteiger partial charge in [0.05, 0.1) is 9.95 Å². The largest absolute Gasteiger partial charge is 0.491 e. The molecule has 0 spiro atoms. The van der Waals surface area contributed by atoms with Gasteiger partial charge >= 0.3 is 0 Å². The van der Waals surface area contributed by atoms with Gasteiger partial charge in [-0.15, -0.1) is 0 Å². The Morgan fingerprint density at radius 2 is 2.16 bits per heavy atom. The number of non-ortho nitro benzene ring substituents is 1. The van der Waals surface area contributed by atoms with Gasteiger partial charge in [0.15, 0.2) is 0 Å². The quantitative estimate of drug-likeness (QED) is 0.656. The van der Waals surface area contributed by atoms with Gasteiger partial charge in [-0.1, -0.05) is 11.6 Å². The summed E-state index contributed by atoms with van der Waals surface area (Å²) in [6, 6.07) is 4.24. The van der Waals surface area contributed by atoms with Gasteiger partial charge < -0.3 is 10.1 Å². The summed E-state index contributed by atoms with van der Waals surface area (Å²) in [4.78, 5) is 12.4. The van der Waals surface area contributed by atoms with Crippen LogP contribution in [0.3, 0.4) is 0 Å². The average Bonchev–Trinajstić information content (AvgIpc) is 2.41. The lowest BCUT2D eigenvalue weighted by Crippen LogP contribution is -2.44. The van der Waals surface area contributed by atoms with Crippen molar-refractivity contribution >= 4 is 17.3 Å². The molecule has 2 rings (SSSR count). The van der Waals surface area contributed by atoms with E-state index >= 15 is 0 Å². The maximum absolute atomic E-state index is 10.6. The minimum atomic E-state index is -0.476. The first kappa shape index (κ1) is 14.0. The van der Waals surface area contributed by atoms with Crippen LogP contribution in [0.5, 0.6) is 5.75 Å². The van der Waals surface area contributed by atoms with E-state index in [0.29, 0.717) is 12.4 Å². The van der Waals surface area contributed by atoms with Crippen LogP contribution < -0.4 is 10.1 Å². The van der Waals surface area contributed by atoms with Crippen molar-refractivity contribution in [2.45, 2.75) is 0 Å². The van der Waals surface area contributed by atoms with Crippen LogP contribution >= 0.6 is 11.6 Å². The molecule has 1 fully saturated rings. The molecule has 104 valence electrons. The van der Waals surface area contributed by atoms with E-state index in [1.165, 1.54) is 18.2 Å². The molecule has 1 aromatic carbocycles. The number of hydrogen-bond donors (Lipinski definition) is 1. The second kappa shape index (κ2) is 6.70. The number of nitro benzene ring substituents is 1. The fourth-order valence-corrected chi connectivity index (χ4v) is 2.17. The Morgan fingerprint density at radius 1 is 1.42 bits per heavy atom. The molecule has 0 saturated carbocycles. The third-order valence-electron chi connectivity index (χ3n) is 3.00. The fraction of sp³-hybridized carbons (Fsp3) is 0.500. The second-order valence-corrected chi connectivity index (χ2v) is 4.72. The highest BCUT2D eigenvalue weighted by atomic mass is 35.5. The third kappa shape index (κ3) is 4.05. The molecule has 1 aliphatic rings. The summed E-state index contributed by atoms with van der Waals surface area (Å²) < 4.78 is 5.56. The van der Waals surface area contributed by atoms with Gasteiger partial charge in [0.1, 0.15) is 12.4 Å². The van der Waals surface area contributed by atoms with E-state index in [0.717, 1.165) is 32.7 Å². The Balaban J connectivity index is 1.83. The monoisotopic (exact) mass is 285 g/mol. The van der Waals surface area contributed by atoms with Crippen LogP contribution in [0, 0.1) is 10.1 Å². The standard InChI is InChI=1S/C12H16ClN3O3/c13-11-9-10(16(17)18)1-2-12(11)19-8-7-15-5-3-14-4-6-15/h1-2,9,14H,3-8H2. The summed E-state index contributed by atoms with van der Waals surface area (Å²) in [5.74, 6) is 0.488. The van der Waals surface area contributed by atoms with Crippen LogP contribution in [0.2, 0.25) is 5.02 Å². The number of piperazine rings is 1. The number of nitrogens with one attached hydrogen (secondary N) is 1. The van der Waals surface area contributed by atoms with Crippen LogP contribution in [-0.2, 0) is 0 Å². The van der Waals surface area contributed by atoms with E-state index in [4.69, 9.17) is 16.3 Å². The predicted octanol–water partition coefficient (Wildman–Crippen LogP) is 1.53. The predicted molar refractivity (Wildman–Crippen MR) is 72.9 cm³/mol. The van der Waals surface area contributed by atoms with Crippen molar-refractivity contribution in [2.24, 2.45) is 0 Å². The molecule has 1 heterocycles. The van der Waals surface area contributed by atoms with E-state index in [2.05, 4.69) is 10.2 Å². The average molecular weight is 286 g/mol. The second-order valence-electron chi connectivity index (χ2n) is 4.31. The molecular formula is C12H16ClN3O3. The van der Waals surface area contributed by atoms with Crippen molar-refractivity contribution in [3.63, 3.8) is 0 Å². The molecule has 7 heteroatoms. The highest BCUT2D eigenvalue weighted by Crippen LogP contribution is 2.28. The van der Waals surface area contributed by atoms with E-state index in [1.807, 2.05) is 0 Å². The molecule has 1 N–H and O–H groups in total. The number of nitro groups is 1. The molecule has 6 nitrogen and oxygen atoms in total. The molecule has 0 aromatic heterocycles.